The van der Waals surface area contributed by atoms with Gasteiger partial charge in [0, 0.05) is 16.5 Å². The van der Waals surface area contributed by atoms with E-state index in [-0.39, 0.29) is 22.4 Å². The van der Waals surface area contributed by atoms with Crippen LogP contribution >= 0.6 is 0 Å². The van der Waals surface area contributed by atoms with E-state index in [1.54, 1.807) is 13.8 Å². The molecule has 4 heteroatoms. The second-order valence-electron chi connectivity index (χ2n) is 2.11. The Bertz CT molecular complexity index is 95.0. The molecular weight excluding hydrogens is 165 g/mol. The maximum absolute atomic E-state index is 10.0. The number of hydrogen-bond acceptors (Lipinski definition) is 2. The second kappa shape index (κ2) is 4.77. The normalized spacial score (nSPS) is 12.4. The van der Waals surface area contributed by atoms with Gasteiger partial charge >= 0.3 is 5.97 Å². The van der Waals surface area contributed by atoms with Crippen LogP contribution in [0.2, 0.25) is 0 Å². The van der Waals surface area contributed by atoms with Gasteiger partial charge in [0.1, 0.15) is 6.04 Å². The molecule has 3 N–H and O–H groups in total. The molecule has 0 saturated heterocycles. The molecule has 0 aromatic rings. The zero-order valence-electron chi connectivity index (χ0n) is 5.40. The fourth-order valence-electron chi connectivity index (χ4n) is 0.285. The number of hydrogen-bond donors (Lipinski definition) is 2. The van der Waals surface area contributed by atoms with E-state index >= 15 is 0 Å². The van der Waals surface area contributed by atoms with Crippen molar-refractivity contribution in [1.82, 2.24) is 0 Å². The zero-order valence-corrected chi connectivity index (χ0v) is 6.39. The minimum Gasteiger partial charge on any atom is -0.480 e. The standard InChI is InChI=1S/C5H11NO2.Ni/c1-3(2)4(6)5(7)8;/h3-4H,6H2,1-2H3,(H,7,8);/t4-;/m0./s1. The van der Waals surface area contributed by atoms with E-state index in [1.165, 1.54) is 0 Å². The van der Waals surface area contributed by atoms with E-state index in [2.05, 4.69) is 0 Å². The van der Waals surface area contributed by atoms with Crippen LogP contribution in [0.1, 0.15) is 13.8 Å². The van der Waals surface area contributed by atoms with Gasteiger partial charge in [-0.3, -0.25) is 4.79 Å². The van der Waals surface area contributed by atoms with Crippen molar-refractivity contribution in [2.45, 2.75) is 19.9 Å². The van der Waals surface area contributed by atoms with Crippen LogP contribution in [0, 0.1) is 5.92 Å². The molecule has 0 saturated carbocycles. The zero-order chi connectivity index (χ0) is 6.73. The average molecular weight is 176 g/mol. The summed E-state index contributed by atoms with van der Waals surface area (Å²) in [5.41, 5.74) is 5.16. The van der Waals surface area contributed by atoms with Gasteiger partial charge in [-0.2, -0.15) is 0 Å². The third-order valence-corrected chi connectivity index (χ3v) is 1.00. The number of carbonyl (C=O) groups is 1. The summed E-state index contributed by atoms with van der Waals surface area (Å²) in [4.78, 5) is 10.0. The molecule has 0 bridgehead atoms. The van der Waals surface area contributed by atoms with Crippen LogP contribution in [0.15, 0.2) is 0 Å². The maximum atomic E-state index is 10.0. The first-order valence-electron chi connectivity index (χ1n) is 2.54. The fourth-order valence-corrected chi connectivity index (χ4v) is 0.285. The molecule has 0 unspecified atom stereocenters. The summed E-state index contributed by atoms with van der Waals surface area (Å²) in [6.07, 6.45) is 0. The number of rotatable bonds is 2. The van der Waals surface area contributed by atoms with E-state index in [0.29, 0.717) is 0 Å². The van der Waals surface area contributed by atoms with Crippen LogP contribution in [-0.4, -0.2) is 17.1 Å². The van der Waals surface area contributed by atoms with Crippen LogP contribution in [0.5, 0.6) is 0 Å². The topological polar surface area (TPSA) is 63.3 Å². The van der Waals surface area contributed by atoms with Gasteiger partial charge in [0.2, 0.25) is 0 Å². The largest absolute Gasteiger partial charge is 0.480 e. The van der Waals surface area contributed by atoms with E-state index in [1.807, 2.05) is 0 Å². The van der Waals surface area contributed by atoms with Crippen molar-refractivity contribution in [3.8, 4) is 0 Å². The molecule has 0 aromatic carbocycles. The molecule has 0 amide bonds. The monoisotopic (exact) mass is 175 g/mol. The SMILES string of the molecule is CC(C)[C@H](N)C(=O)O.[Ni]. The predicted molar refractivity (Wildman–Crippen MR) is 30.4 cm³/mol. The van der Waals surface area contributed by atoms with Crippen LogP contribution in [-0.2, 0) is 21.3 Å². The van der Waals surface area contributed by atoms with Crippen molar-refractivity contribution in [3.63, 3.8) is 0 Å². The van der Waals surface area contributed by atoms with Crippen molar-refractivity contribution in [2.75, 3.05) is 0 Å². The molecule has 3 nitrogen and oxygen atoms in total. The van der Waals surface area contributed by atoms with Gasteiger partial charge in [-0.25, -0.2) is 0 Å². The molecule has 9 heavy (non-hydrogen) atoms. The predicted octanol–water partition coefficient (Wildman–Crippen LogP) is 0.0518. The van der Waals surface area contributed by atoms with Crippen LogP contribution < -0.4 is 5.73 Å². The van der Waals surface area contributed by atoms with Crippen molar-refractivity contribution in [1.29, 1.82) is 0 Å². The average Bonchev–Trinajstić information content (AvgIpc) is 1.64. The van der Waals surface area contributed by atoms with Gasteiger partial charge in [0.15, 0.2) is 0 Å². The summed E-state index contributed by atoms with van der Waals surface area (Å²) < 4.78 is 0. The Hall–Kier alpha value is -0.0765. The molecule has 0 fully saturated rings. The van der Waals surface area contributed by atoms with Crippen molar-refractivity contribution in [3.05, 3.63) is 0 Å². The number of carboxylic acid groups (broad SMARTS) is 1. The molecule has 0 aliphatic heterocycles. The molecule has 0 aliphatic carbocycles. The Kier molecular flexibility index (Phi) is 6.19. The summed E-state index contributed by atoms with van der Waals surface area (Å²) in [6.45, 7) is 3.55. The molecule has 1 atom stereocenters. The summed E-state index contributed by atoms with van der Waals surface area (Å²) in [7, 11) is 0. The number of carboxylic acids is 1. The third kappa shape index (κ3) is 4.43. The second-order valence-corrected chi connectivity index (χ2v) is 2.11. The minimum absolute atomic E-state index is 0. The fraction of sp³-hybridized carbons (Fsp3) is 0.800. The van der Waals surface area contributed by atoms with Crippen LogP contribution in [0.25, 0.3) is 0 Å². The van der Waals surface area contributed by atoms with E-state index in [0.717, 1.165) is 0 Å². The Morgan fingerprint density at radius 3 is 1.89 bits per heavy atom. The van der Waals surface area contributed by atoms with Crippen molar-refractivity contribution < 1.29 is 26.4 Å². The summed E-state index contributed by atoms with van der Waals surface area (Å²) in [6, 6.07) is -0.713. The van der Waals surface area contributed by atoms with E-state index in [4.69, 9.17) is 10.8 Å². The smallest absolute Gasteiger partial charge is 0.320 e. The quantitative estimate of drug-likeness (QED) is 0.584. The molecule has 58 valence electrons. The number of nitrogens with two attached hydrogens (primary N) is 1. The van der Waals surface area contributed by atoms with Crippen molar-refractivity contribution >= 4 is 5.97 Å². The van der Waals surface area contributed by atoms with Gasteiger partial charge in [0.05, 0.1) is 0 Å². The van der Waals surface area contributed by atoms with Gasteiger partial charge < -0.3 is 10.8 Å². The van der Waals surface area contributed by atoms with E-state index < -0.39 is 12.0 Å². The Morgan fingerprint density at radius 1 is 1.56 bits per heavy atom. The van der Waals surface area contributed by atoms with Crippen molar-refractivity contribution in [2.24, 2.45) is 11.7 Å². The summed E-state index contributed by atoms with van der Waals surface area (Å²) in [5.74, 6) is -0.910. The minimum atomic E-state index is -0.931. The summed E-state index contributed by atoms with van der Waals surface area (Å²) >= 11 is 0. The maximum Gasteiger partial charge on any atom is 0.320 e. The van der Waals surface area contributed by atoms with Gasteiger partial charge in [-0.05, 0) is 5.92 Å². The molecule has 0 rings (SSSR count). The van der Waals surface area contributed by atoms with E-state index in [9.17, 15) is 4.79 Å². The molecule has 0 aliphatic rings. The first kappa shape index (κ1) is 11.7. The van der Waals surface area contributed by atoms with Gasteiger partial charge in [-0.1, -0.05) is 13.8 Å². The molecule has 0 heterocycles. The van der Waals surface area contributed by atoms with Crippen LogP contribution in [0.4, 0.5) is 0 Å². The molecule has 0 spiro atoms. The first-order valence-corrected chi connectivity index (χ1v) is 2.54. The molecular formula is C5H11NNiO2. The number of aliphatic carboxylic acids is 1. The Balaban J connectivity index is 0. The van der Waals surface area contributed by atoms with Crippen LogP contribution in [0.3, 0.4) is 0 Å². The first-order chi connectivity index (χ1) is 3.55. The van der Waals surface area contributed by atoms with Gasteiger partial charge in [-0.15, -0.1) is 0 Å². The van der Waals surface area contributed by atoms with Gasteiger partial charge in [0.25, 0.3) is 0 Å². The Labute approximate surface area is 64.5 Å². The molecule has 0 radical (unpaired) electrons. The Morgan fingerprint density at radius 2 is 1.89 bits per heavy atom. The summed E-state index contributed by atoms with van der Waals surface area (Å²) in [5, 5.41) is 8.23. The molecule has 0 aromatic heterocycles. The third-order valence-electron chi connectivity index (χ3n) is 1.00.